The number of phenolic OH excluding ortho intramolecular Hbond substituents is 1. The van der Waals surface area contributed by atoms with Crippen LogP contribution in [0.2, 0.25) is 0 Å². The Bertz CT molecular complexity index is 1050. The number of aliphatic hydroxyl groups excluding tert-OH is 5. The first-order valence-electron chi connectivity index (χ1n) is 12.0. The number of aromatic hydroxyl groups is 1. The third-order valence-corrected chi connectivity index (χ3v) is 7.04. The molecule has 2 aliphatic heterocycles. The minimum absolute atomic E-state index is 0.0142. The fraction of sp³-hybridized carbons (Fsp3) is 0.538. The van der Waals surface area contributed by atoms with Crippen LogP contribution in [0.3, 0.4) is 0 Å². The zero-order valence-corrected chi connectivity index (χ0v) is 20.6. The van der Waals surface area contributed by atoms with Gasteiger partial charge in [-0.25, -0.2) is 0 Å². The van der Waals surface area contributed by atoms with E-state index in [1.165, 1.54) is 14.2 Å². The second-order valence-corrected chi connectivity index (χ2v) is 9.30. The number of ether oxygens (including phenoxy) is 5. The highest BCUT2D eigenvalue weighted by Gasteiger charge is 2.45. The van der Waals surface area contributed by atoms with Gasteiger partial charge in [-0.3, -0.25) is 0 Å². The first kappa shape index (κ1) is 27.4. The van der Waals surface area contributed by atoms with Gasteiger partial charge in [0, 0.05) is 12.5 Å². The summed E-state index contributed by atoms with van der Waals surface area (Å²) in [5.41, 5.74) is 1.70. The summed E-state index contributed by atoms with van der Waals surface area (Å²) in [6.45, 7) is -0.249. The summed E-state index contributed by atoms with van der Waals surface area (Å²) in [4.78, 5) is 0. The molecule has 0 saturated carbocycles. The van der Waals surface area contributed by atoms with Gasteiger partial charge in [0.15, 0.2) is 23.0 Å². The lowest BCUT2D eigenvalue weighted by Crippen LogP contribution is -2.60. The Labute approximate surface area is 214 Å². The van der Waals surface area contributed by atoms with Gasteiger partial charge in [0.2, 0.25) is 6.29 Å². The summed E-state index contributed by atoms with van der Waals surface area (Å²) < 4.78 is 27.9. The molecule has 2 fully saturated rings. The molecule has 11 nitrogen and oxygen atoms in total. The number of rotatable bonds is 9. The van der Waals surface area contributed by atoms with E-state index in [0.29, 0.717) is 24.5 Å². The summed E-state index contributed by atoms with van der Waals surface area (Å²) >= 11 is 0. The van der Waals surface area contributed by atoms with Crippen molar-refractivity contribution in [2.45, 2.75) is 43.2 Å². The Kier molecular flexibility index (Phi) is 8.75. The van der Waals surface area contributed by atoms with E-state index < -0.39 is 43.4 Å². The van der Waals surface area contributed by atoms with Crippen molar-refractivity contribution >= 4 is 0 Å². The molecule has 4 rings (SSSR count). The summed E-state index contributed by atoms with van der Waals surface area (Å²) in [6.07, 6.45) is -6.86. The second-order valence-electron chi connectivity index (χ2n) is 9.30. The van der Waals surface area contributed by atoms with Gasteiger partial charge in [-0.2, -0.15) is 0 Å². The number of benzene rings is 2. The Balaban J connectivity index is 1.49. The molecule has 11 heteroatoms. The number of phenols is 1. The number of hydrogen-bond donors (Lipinski definition) is 6. The normalized spacial score (nSPS) is 31.8. The monoisotopic (exact) mass is 522 g/mol. The van der Waals surface area contributed by atoms with E-state index in [0.717, 1.165) is 11.1 Å². The van der Waals surface area contributed by atoms with Crippen molar-refractivity contribution in [1.29, 1.82) is 0 Å². The average molecular weight is 523 g/mol. The van der Waals surface area contributed by atoms with Crippen LogP contribution in [0.5, 0.6) is 23.0 Å². The van der Waals surface area contributed by atoms with Crippen LogP contribution in [-0.4, -0.2) is 95.4 Å². The van der Waals surface area contributed by atoms with E-state index in [-0.39, 0.29) is 29.9 Å². The molecule has 0 radical (unpaired) electrons. The van der Waals surface area contributed by atoms with E-state index in [9.17, 15) is 30.6 Å². The zero-order chi connectivity index (χ0) is 26.7. The van der Waals surface area contributed by atoms with Crippen molar-refractivity contribution in [2.75, 3.05) is 34.0 Å². The second kappa shape index (κ2) is 11.8. The molecule has 0 unspecified atom stereocenters. The minimum Gasteiger partial charge on any atom is -0.504 e. The Morgan fingerprint density at radius 1 is 0.865 bits per heavy atom. The van der Waals surface area contributed by atoms with E-state index in [1.807, 2.05) is 6.07 Å². The van der Waals surface area contributed by atoms with Gasteiger partial charge in [-0.15, -0.1) is 0 Å². The molecule has 204 valence electrons. The van der Waals surface area contributed by atoms with Crippen LogP contribution in [0.4, 0.5) is 0 Å². The number of methoxy groups -OCH3 is 2. The third-order valence-electron chi connectivity index (χ3n) is 7.04. The minimum atomic E-state index is -1.57. The van der Waals surface area contributed by atoms with E-state index >= 15 is 0 Å². The first-order chi connectivity index (χ1) is 17.8. The molecule has 37 heavy (non-hydrogen) atoms. The molecule has 0 aliphatic carbocycles. The molecule has 2 aromatic rings. The molecular weight excluding hydrogens is 488 g/mol. The van der Waals surface area contributed by atoms with Crippen molar-refractivity contribution in [3.63, 3.8) is 0 Å². The van der Waals surface area contributed by atoms with Crippen molar-refractivity contribution in [3.05, 3.63) is 47.5 Å². The van der Waals surface area contributed by atoms with Gasteiger partial charge in [-0.1, -0.05) is 12.1 Å². The predicted molar refractivity (Wildman–Crippen MR) is 129 cm³/mol. The van der Waals surface area contributed by atoms with Crippen LogP contribution >= 0.6 is 0 Å². The van der Waals surface area contributed by atoms with Crippen LogP contribution in [0.1, 0.15) is 17.2 Å². The lowest BCUT2D eigenvalue weighted by atomic mass is 9.84. The van der Waals surface area contributed by atoms with Crippen molar-refractivity contribution in [2.24, 2.45) is 11.8 Å². The van der Waals surface area contributed by atoms with Crippen LogP contribution in [0.15, 0.2) is 36.4 Å². The highest BCUT2D eigenvalue weighted by atomic mass is 16.7. The van der Waals surface area contributed by atoms with Gasteiger partial charge < -0.3 is 54.3 Å². The van der Waals surface area contributed by atoms with Gasteiger partial charge in [0.05, 0.1) is 33.5 Å². The highest BCUT2D eigenvalue weighted by molar-refractivity contribution is 5.44. The fourth-order valence-electron chi connectivity index (χ4n) is 4.92. The third kappa shape index (κ3) is 5.63. The SMILES string of the molecule is COc1cc(C[C@@H]2CO[C@@H](c3ccc(O[C@H]4O[C@@H](CO)[C@H](O)[C@@H](O)[C@@H]4O)c(OC)c3)[C@H]2CO)ccc1O. The lowest BCUT2D eigenvalue weighted by Gasteiger charge is -2.39. The van der Waals surface area contributed by atoms with E-state index in [2.05, 4.69) is 0 Å². The highest BCUT2D eigenvalue weighted by Crippen LogP contribution is 2.43. The molecule has 2 heterocycles. The van der Waals surface area contributed by atoms with Crippen LogP contribution < -0.4 is 14.2 Å². The Morgan fingerprint density at radius 3 is 2.30 bits per heavy atom. The quantitative estimate of drug-likeness (QED) is 0.265. The molecule has 6 N–H and O–H groups in total. The van der Waals surface area contributed by atoms with Crippen LogP contribution in [-0.2, 0) is 15.9 Å². The first-order valence-corrected chi connectivity index (χ1v) is 12.0. The van der Waals surface area contributed by atoms with E-state index in [4.69, 9.17) is 23.7 Å². The van der Waals surface area contributed by atoms with Crippen molar-refractivity contribution < 1.29 is 54.3 Å². The maximum Gasteiger partial charge on any atom is 0.229 e. The molecular formula is C26H34O11. The van der Waals surface area contributed by atoms with Crippen LogP contribution in [0, 0.1) is 11.8 Å². The number of hydrogen-bond acceptors (Lipinski definition) is 11. The topological polar surface area (TPSA) is 168 Å². The Hall–Kier alpha value is -2.64. The van der Waals surface area contributed by atoms with Gasteiger partial charge in [-0.05, 0) is 47.7 Å². The molecule has 0 spiro atoms. The number of aliphatic hydroxyl groups is 5. The zero-order valence-electron chi connectivity index (χ0n) is 20.6. The molecule has 0 amide bonds. The maximum atomic E-state index is 10.3. The molecule has 2 saturated heterocycles. The van der Waals surface area contributed by atoms with Crippen molar-refractivity contribution in [1.82, 2.24) is 0 Å². The molecule has 0 bridgehead atoms. The summed E-state index contributed by atoms with van der Waals surface area (Å²) in [5.74, 6) is 0.766. The molecule has 2 aliphatic rings. The smallest absolute Gasteiger partial charge is 0.229 e. The van der Waals surface area contributed by atoms with Gasteiger partial charge in [0.1, 0.15) is 24.4 Å². The maximum absolute atomic E-state index is 10.3. The van der Waals surface area contributed by atoms with Crippen LogP contribution in [0.25, 0.3) is 0 Å². The summed E-state index contributed by atoms with van der Waals surface area (Å²) in [6, 6.07) is 10.2. The van der Waals surface area contributed by atoms with Gasteiger partial charge in [0.25, 0.3) is 0 Å². The van der Waals surface area contributed by atoms with Gasteiger partial charge >= 0.3 is 0 Å². The standard InChI is InChI=1S/C26H34O11/c1-33-19-8-13(3-5-17(19)29)7-15-12-35-25(16(15)10-27)14-4-6-18(20(9-14)34-2)36-26-24(32)23(31)22(30)21(11-28)37-26/h3-6,8-9,15-16,21-32H,7,10-12H2,1-2H3/t15-,16+,21+,22+,23-,24+,25+,26+/m1/s1. The largest absolute Gasteiger partial charge is 0.504 e. The summed E-state index contributed by atoms with van der Waals surface area (Å²) in [5, 5.41) is 59.7. The Morgan fingerprint density at radius 2 is 1.62 bits per heavy atom. The average Bonchev–Trinajstić information content (AvgIpc) is 3.32. The molecule has 8 atom stereocenters. The summed E-state index contributed by atoms with van der Waals surface area (Å²) in [7, 11) is 2.93. The fourth-order valence-corrected chi connectivity index (χ4v) is 4.92. The molecule has 0 aromatic heterocycles. The molecule has 2 aromatic carbocycles. The van der Waals surface area contributed by atoms with Crippen molar-refractivity contribution in [3.8, 4) is 23.0 Å². The van der Waals surface area contributed by atoms with E-state index in [1.54, 1.807) is 30.3 Å². The lowest BCUT2D eigenvalue weighted by molar-refractivity contribution is -0.277. The predicted octanol–water partition coefficient (Wildman–Crippen LogP) is 0.127.